The van der Waals surface area contributed by atoms with E-state index in [4.69, 9.17) is 4.98 Å². The number of hydrogen-bond donors (Lipinski definition) is 1. The lowest BCUT2D eigenvalue weighted by atomic mass is 10.1. The monoisotopic (exact) mass is 292 g/mol. The normalized spacial score (nSPS) is 18.1. The predicted octanol–water partition coefficient (Wildman–Crippen LogP) is 2.77. The van der Waals surface area contributed by atoms with Crippen molar-refractivity contribution in [1.29, 1.82) is 0 Å². The minimum absolute atomic E-state index is 0.536. The van der Waals surface area contributed by atoms with Gasteiger partial charge in [0.25, 0.3) is 0 Å². The van der Waals surface area contributed by atoms with Crippen molar-refractivity contribution >= 4 is 11.2 Å². The molecule has 1 aliphatic rings. The maximum absolute atomic E-state index is 4.82. The summed E-state index contributed by atoms with van der Waals surface area (Å²) in [6, 6.07) is 15.1. The number of nitrogens with zero attached hydrogens (tertiary/aromatic N) is 3. The zero-order valence-corrected chi connectivity index (χ0v) is 12.6. The van der Waals surface area contributed by atoms with Crippen LogP contribution >= 0.6 is 0 Å². The van der Waals surface area contributed by atoms with Gasteiger partial charge in [0.15, 0.2) is 5.65 Å². The number of rotatable bonds is 4. The van der Waals surface area contributed by atoms with Crippen LogP contribution in [0.15, 0.2) is 48.7 Å². The highest BCUT2D eigenvalue weighted by Crippen LogP contribution is 2.19. The Labute approximate surface area is 130 Å². The molecule has 4 heteroatoms. The Hall–Kier alpha value is -2.20. The highest BCUT2D eigenvalue weighted by molar-refractivity contribution is 5.71. The molecule has 1 aliphatic heterocycles. The van der Waals surface area contributed by atoms with Gasteiger partial charge < -0.3 is 9.88 Å². The standard InChI is InChI=1S/C18H20N4/c1-2-6-14(7-3-1)12-17-21-16-9-5-11-20-18(16)22(17)13-15-8-4-10-19-15/h1-3,5-7,9,11,15,19H,4,8,10,12-13H2. The van der Waals surface area contributed by atoms with E-state index in [-0.39, 0.29) is 0 Å². The first-order valence-electron chi connectivity index (χ1n) is 7.97. The lowest BCUT2D eigenvalue weighted by Crippen LogP contribution is -2.27. The van der Waals surface area contributed by atoms with Gasteiger partial charge in [-0.3, -0.25) is 0 Å². The minimum Gasteiger partial charge on any atom is -0.312 e. The molecule has 2 aromatic heterocycles. The van der Waals surface area contributed by atoms with E-state index in [1.165, 1.54) is 18.4 Å². The number of pyridine rings is 1. The molecular weight excluding hydrogens is 272 g/mol. The molecule has 112 valence electrons. The molecule has 1 atom stereocenters. The molecule has 0 spiro atoms. The molecular formula is C18H20N4. The number of nitrogens with one attached hydrogen (secondary N) is 1. The summed E-state index contributed by atoms with van der Waals surface area (Å²) in [5.74, 6) is 1.11. The van der Waals surface area contributed by atoms with Crippen molar-refractivity contribution in [3.8, 4) is 0 Å². The Morgan fingerprint density at radius 3 is 2.86 bits per heavy atom. The highest BCUT2D eigenvalue weighted by atomic mass is 15.2. The van der Waals surface area contributed by atoms with E-state index in [0.29, 0.717) is 6.04 Å². The molecule has 1 N–H and O–H groups in total. The van der Waals surface area contributed by atoms with Crippen LogP contribution in [0.5, 0.6) is 0 Å². The SMILES string of the molecule is c1ccc(Cc2nc3cccnc3n2CC2CCCN2)cc1. The van der Waals surface area contributed by atoms with E-state index in [1.807, 2.05) is 12.3 Å². The smallest absolute Gasteiger partial charge is 0.160 e. The molecule has 4 nitrogen and oxygen atoms in total. The van der Waals surface area contributed by atoms with Crippen LogP contribution in [0.25, 0.3) is 11.2 Å². The number of imidazole rings is 1. The quantitative estimate of drug-likeness (QED) is 0.804. The van der Waals surface area contributed by atoms with Gasteiger partial charge in [0.2, 0.25) is 0 Å². The van der Waals surface area contributed by atoms with Gasteiger partial charge in [0.1, 0.15) is 11.3 Å². The van der Waals surface area contributed by atoms with Crippen molar-refractivity contribution in [2.75, 3.05) is 6.54 Å². The molecule has 4 rings (SSSR count). The Morgan fingerprint density at radius 1 is 1.14 bits per heavy atom. The fraction of sp³-hybridized carbons (Fsp3) is 0.333. The topological polar surface area (TPSA) is 42.7 Å². The van der Waals surface area contributed by atoms with Crippen LogP contribution in [0, 0.1) is 0 Å². The molecule has 3 aromatic rings. The number of fused-ring (bicyclic) bond motifs is 1. The average molecular weight is 292 g/mol. The molecule has 1 saturated heterocycles. The molecule has 1 fully saturated rings. The fourth-order valence-electron chi connectivity index (χ4n) is 3.24. The van der Waals surface area contributed by atoms with Crippen molar-refractivity contribution in [3.05, 3.63) is 60.0 Å². The maximum atomic E-state index is 4.82. The van der Waals surface area contributed by atoms with Crippen LogP contribution in [-0.2, 0) is 13.0 Å². The Morgan fingerprint density at radius 2 is 2.05 bits per heavy atom. The maximum Gasteiger partial charge on any atom is 0.160 e. The largest absolute Gasteiger partial charge is 0.312 e. The second kappa shape index (κ2) is 5.89. The third-order valence-corrected chi connectivity index (χ3v) is 4.35. The van der Waals surface area contributed by atoms with Gasteiger partial charge in [-0.15, -0.1) is 0 Å². The van der Waals surface area contributed by atoms with Gasteiger partial charge >= 0.3 is 0 Å². The molecule has 0 amide bonds. The summed E-state index contributed by atoms with van der Waals surface area (Å²) in [5.41, 5.74) is 3.28. The van der Waals surface area contributed by atoms with E-state index in [0.717, 1.165) is 36.5 Å². The zero-order chi connectivity index (χ0) is 14.8. The molecule has 0 bridgehead atoms. The number of aromatic nitrogens is 3. The van der Waals surface area contributed by atoms with Crippen LogP contribution in [0.2, 0.25) is 0 Å². The van der Waals surface area contributed by atoms with Gasteiger partial charge in [-0.05, 0) is 37.1 Å². The third-order valence-electron chi connectivity index (χ3n) is 4.35. The van der Waals surface area contributed by atoms with Crippen LogP contribution in [-0.4, -0.2) is 27.1 Å². The van der Waals surface area contributed by atoms with E-state index >= 15 is 0 Å². The van der Waals surface area contributed by atoms with Crippen LogP contribution in [0.3, 0.4) is 0 Å². The Bertz CT molecular complexity index is 757. The van der Waals surface area contributed by atoms with E-state index in [9.17, 15) is 0 Å². The van der Waals surface area contributed by atoms with Crippen LogP contribution in [0.4, 0.5) is 0 Å². The second-order valence-corrected chi connectivity index (χ2v) is 5.94. The molecule has 0 saturated carbocycles. The van der Waals surface area contributed by atoms with E-state index < -0.39 is 0 Å². The number of benzene rings is 1. The summed E-state index contributed by atoms with van der Waals surface area (Å²) in [7, 11) is 0. The van der Waals surface area contributed by atoms with Crippen molar-refractivity contribution in [2.24, 2.45) is 0 Å². The molecule has 3 heterocycles. The minimum atomic E-state index is 0.536. The zero-order valence-electron chi connectivity index (χ0n) is 12.6. The predicted molar refractivity (Wildman–Crippen MR) is 87.8 cm³/mol. The van der Waals surface area contributed by atoms with E-state index in [2.05, 4.69) is 51.3 Å². The van der Waals surface area contributed by atoms with Gasteiger partial charge in [0, 0.05) is 25.2 Å². The third kappa shape index (κ3) is 2.62. The summed E-state index contributed by atoms with van der Waals surface area (Å²) < 4.78 is 2.30. The molecule has 0 radical (unpaired) electrons. The highest BCUT2D eigenvalue weighted by Gasteiger charge is 2.19. The van der Waals surface area contributed by atoms with Crippen molar-refractivity contribution in [3.63, 3.8) is 0 Å². The van der Waals surface area contributed by atoms with Gasteiger partial charge in [-0.25, -0.2) is 9.97 Å². The first-order chi connectivity index (χ1) is 10.9. The molecule has 1 aromatic carbocycles. The average Bonchev–Trinajstić information content (AvgIpc) is 3.18. The van der Waals surface area contributed by atoms with Crippen molar-refractivity contribution < 1.29 is 0 Å². The first kappa shape index (κ1) is 13.5. The summed E-state index contributed by atoms with van der Waals surface area (Å²) in [4.78, 5) is 9.38. The van der Waals surface area contributed by atoms with Crippen molar-refractivity contribution in [2.45, 2.75) is 31.8 Å². The summed E-state index contributed by atoms with van der Waals surface area (Å²) in [6.07, 6.45) is 5.20. The molecule has 0 aliphatic carbocycles. The second-order valence-electron chi connectivity index (χ2n) is 5.94. The summed E-state index contributed by atoms with van der Waals surface area (Å²) in [5, 5.41) is 3.57. The first-order valence-corrected chi connectivity index (χ1v) is 7.97. The van der Waals surface area contributed by atoms with E-state index in [1.54, 1.807) is 0 Å². The van der Waals surface area contributed by atoms with Gasteiger partial charge in [0.05, 0.1) is 0 Å². The number of hydrogen-bond acceptors (Lipinski definition) is 3. The lowest BCUT2D eigenvalue weighted by molar-refractivity contribution is 0.505. The fourth-order valence-corrected chi connectivity index (χ4v) is 3.24. The Balaban J connectivity index is 1.72. The van der Waals surface area contributed by atoms with Crippen LogP contribution < -0.4 is 5.32 Å². The molecule has 22 heavy (non-hydrogen) atoms. The van der Waals surface area contributed by atoms with Crippen LogP contribution in [0.1, 0.15) is 24.2 Å². The molecule has 1 unspecified atom stereocenters. The van der Waals surface area contributed by atoms with Gasteiger partial charge in [-0.1, -0.05) is 30.3 Å². The summed E-state index contributed by atoms with van der Waals surface area (Å²) in [6.45, 7) is 2.08. The summed E-state index contributed by atoms with van der Waals surface area (Å²) >= 11 is 0. The Kier molecular flexibility index (Phi) is 3.60. The van der Waals surface area contributed by atoms with Gasteiger partial charge in [-0.2, -0.15) is 0 Å². The lowest BCUT2D eigenvalue weighted by Gasteiger charge is -2.14. The van der Waals surface area contributed by atoms with Crippen molar-refractivity contribution in [1.82, 2.24) is 19.9 Å².